The van der Waals surface area contributed by atoms with Crippen LogP contribution in [-0.4, -0.2) is 39.2 Å². The van der Waals surface area contributed by atoms with E-state index in [1.807, 2.05) is 4.90 Å². The van der Waals surface area contributed by atoms with Crippen molar-refractivity contribution in [1.82, 2.24) is 15.0 Å². The first kappa shape index (κ1) is 14.6. The molecular formula is C14H13F2N3O3. The third-order valence-corrected chi connectivity index (χ3v) is 3.63. The van der Waals surface area contributed by atoms with E-state index >= 15 is 0 Å². The van der Waals surface area contributed by atoms with E-state index in [9.17, 15) is 13.6 Å². The minimum Gasteiger partial charge on any atom is -0.481 e. The Hall–Kier alpha value is -2.35. The predicted molar refractivity (Wildman–Crippen MR) is 70.7 cm³/mol. The van der Waals surface area contributed by atoms with Crippen molar-refractivity contribution >= 4 is 5.97 Å². The molecule has 2 heterocycles. The number of carbonyl (C=O) groups is 1. The molecule has 1 fully saturated rings. The highest BCUT2D eigenvalue weighted by atomic mass is 19.2. The monoisotopic (exact) mass is 309 g/mol. The Kier molecular flexibility index (Phi) is 3.84. The van der Waals surface area contributed by atoms with Crippen LogP contribution in [0.4, 0.5) is 8.78 Å². The van der Waals surface area contributed by atoms with Crippen LogP contribution in [-0.2, 0) is 11.3 Å². The largest absolute Gasteiger partial charge is 0.481 e. The van der Waals surface area contributed by atoms with Crippen LogP contribution in [0, 0.1) is 17.6 Å². The first-order valence-corrected chi connectivity index (χ1v) is 6.76. The van der Waals surface area contributed by atoms with Gasteiger partial charge in [0.2, 0.25) is 11.7 Å². The number of nitrogens with zero attached hydrogens (tertiary/aromatic N) is 3. The topological polar surface area (TPSA) is 79.5 Å². The molecule has 8 heteroatoms. The summed E-state index contributed by atoms with van der Waals surface area (Å²) in [5, 5.41) is 12.7. The van der Waals surface area contributed by atoms with E-state index in [1.165, 1.54) is 6.07 Å². The number of halogens is 2. The van der Waals surface area contributed by atoms with Gasteiger partial charge in [0.25, 0.3) is 0 Å². The van der Waals surface area contributed by atoms with Crippen molar-refractivity contribution in [3.8, 4) is 11.4 Å². The van der Waals surface area contributed by atoms with E-state index in [2.05, 4.69) is 10.1 Å². The molecule has 1 atom stereocenters. The van der Waals surface area contributed by atoms with Gasteiger partial charge in [0.05, 0.1) is 12.5 Å². The van der Waals surface area contributed by atoms with Crippen molar-refractivity contribution in [2.45, 2.75) is 13.0 Å². The molecule has 3 rings (SSSR count). The first-order chi connectivity index (χ1) is 10.5. The van der Waals surface area contributed by atoms with Gasteiger partial charge in [0, 0.05) is 12.1 Å². The highest BCUT2D eigenvalue weighted by Gasteiger charge is 2.28. The van der Waals surface area contributed by atoms with Crippen LogP contribution in [0.3, 0.4) is 0 Å². The fourth-order valence-electron chi connectivity index (χ4n) is 2.44. The molecule has 1 aromatic heterocycles. The lowest BCUT2D eigenvalue weighted by molar-refractivity contribution is -0.141. The van der Waals surface area contributed by atoms with Crippen LogP contribution in [0.5, 0.6) is 0 Å². The Morgan fingerprint density at radius 1 is 1.41 bits per heavy atom. The zero-order chi connectivity index (χ0) is 15.7. The average molecular weight is 309 g/mol. The fraction of sp³-hybridized carbons (Fsp3) is 0.357. The molecule has 1 aromatic carbocycles. The third kappa shape index (κ3) is 2.96. The summed E-state index contributed by atoms with van der Waals surface area (Å²) in [6.07, 6.45) is 0.583. The van der Waals surface area contributed by atoms with E-state index in [-0.39, 0.29) is 11.7 Å². The van der Waals surface area contributed by atoms with Crippen molar-refractivity contribution in [2.75, 3.05) is 13.1 Å². The lowest BCUT2D eigenvalue weighted by Crippen LogP contribution is -2.22. The maximum Gasteiger partial charge on any atom is 0.307 e. The zero-order valence-electron chi connectivity index (χ0n) is 11.5. The van der Waals surface area contributed by atoms with Crippen LogP contribution in [0.2, 0.25) is 0 Å². The molecule has 0 bridgehead atoms. The molecule has 1 unspecified atom stereocenters. The van der Waals surface area contributed by atoms with Gasteiger partial charge in [-0.05, 0) is 31.2 Å². The molecular weight excluding hydrogens is 296 g/mol. The van der Waals surface area contributed by atoms with Gasteiger partial charge in [-0.1, -0.05) is 5.16 Å². The van der Waals surface area contributed by atoms with Crippen LogP contribution in [0.1, 0.15) is 12.3 Å². The van der Waals surface area contributed by atoms with Gasteiger partial charge in [0.1, 0.15) is 0 Å². The van der Waals surface area contributed by atoms with Crippen molar-refractivity contribution in [3.05, 3.63) is 35.7 Å². The van der Waals surface area contributed by atoms with E-state index in [4.69, 9.17) is 9.63 Å². The van der Waals surface area contributed by atoms with E-state index in [0.29, 0.717) is 37.5 Å². The van der Waals surface area contributed by atoms with Gasteiger partial charge in [-0.2, -0.15) is 4.98 Å². The highest BCUT2D eigenvalue weighted by molar-refractivity contribution is 5.70. The van der Waals surface area contributed by atoms with Crippen LogP contribution in [0.15, 0.2) is 22.7 Å². The number of carboxylic acid groups (broad SMARTS) is 1. The van der Waals surface area contributed by atoms with Crippen molar-refractivity contribution in [2.24, 2.45) is 5.92 Å². The lowest BCUT2D eigenvalue weighted by Gasteiger charge is -2.11. The molecule has 0 spiro atoms. The molecule has 116 valence electrons. The molecule has 1 aliphatic rings. The maximum atomic E-state index is 13.2. The second-order valence-electron chi connectivity index (χ2n) is 5.20. The molecule has 1 N–H and O–H groups in total. The zero-order valence-corrected chi connectivity index (χ0v) is 11.5. The second-order valence-corrected chi connectivity index (χ2v) is 5.20. The number of hydrogen-bond acceptors (Lipinski definition) is 5. The van der Waals surface area contributed by atoms with Gasteiger partial charge in [-0.25, -0.2) is 8.78 Å². The Morgan fingerprint density at radius 3 is 2.91 bits per heavy atom. The Bertz CT molecular complexity index is 704. The number of aliphatic carboxylic acids is 1. The standard InChI is InChI=1S/C14H13F2N3O3/c15-10-2-1-8(5-11(10)16)13-17-12(22-18-13)7-19-4-3-9(6-19)14(20)21/h1-2,5,9H,3-4,6-7H2,(H,20,21). The molecule has 0 saturated carbocycles. The Balaban J connectivity index is 1.69. The smallest absolute Gasteiger partial charge is 0.307 e. The number of carboxylic acids is 1. The van der Waals surface area contributed by atoms with Gasteiger partial charge < -0.3 is 9.63 Å². The number of hydrogen-bond donors (Lipinski definition) is 1. The highest BCUT2D eigenvalue weighted by Crippen LogP contribution is 2.21. The molecule has 0 amide bonds. The summed E-state index contributed by atoms with van der Waals surface area (Å²) in [6, 6.07) is 3.36. The molecule has 6 nitrogen and oxygen atoms in total. The normalized spacial score (nSPS) is 18.7. The van der Waals surface area contributed by atoms with E-state index < -0.39 is 17.6 Å². The van der Waals surface area contributed by atoms with Gasteiger partial charge in [0.15, 0.2) is 11.6 Å². The number of likely N-dealkylation sites (tertiary alicyclic amines) is 1. The minimum atomic E-state index is -0.979. The van der Waals surface area contributed by atoms with E-state index in [0.717, 1.165) is 12.1 Å². The average Bonchev–Trinajstić information content (AvgIpc) is 3.12. The van der Waals surface area contributed by atoms with Gasteiger partial charge >= 0.3 is 5.97 Å². The first-order valence-electron chi connectivity index (χ1n) is 6.76. The Morgan fingerprint density at radius 2 is 2.23 bits per heavy atom. The molecule has 0 aliphatic carbocycles. The number of aromatic nitrogens is 2. The Labute approximate surface area is 124 Å². The summed E-state index contributed by atoms with van der Waals surface area (Å²) in [4.78, 5) is 16.9. The van der Waals surface area contributed by atoms with Crippen molar-refractivity contribution in [1.29, 1.82) is 0 Å². The van der Waals surface area contributed by atoms with Gasteiger partial charge in [-0.15, -0.1) is 0 Å². The van der Waals surface area contributed by atoms with Crippen LogP contribution < -0.4 is 0 Å². The summed E-state index contributed by atoms with van der Waals surface area (Å²) in [5.41, 5.74) is 0.318. The lowest BCUT2D eigenvalue weighted by atomic mass is 10.1. The maximum absolute atomic E-state index is 13.2. The summed E-state index contributed by atoms with van der Waals surface area (Å²) in [7, 11) is 0. The molecule has 2 aromatic rings. The fourth-order valence-corrected chi connectivity index (χ4v) is 2.44. The molecule has 1 saturated heterocycles. The second kappa shape index (κ2) is 5.80. The predicted octanol–water partition coefficient (Wildman–Crippen LogP) is 1.92. The third-order valence-electron chi connectivity index (χ3n) is 3.63. The molecule has 1 aliphatic heterocycles. The molecule has 22 heavy (non-hydrogen) atoms. The SMILES string of the molecule is O=C(O)C1CCN(Cc2nc(-c3ccc(F)c(F)c3)no2)C1. The summed E-state index contributed by atoms with van der Waals surface area (Å²) in [5.74, 6) is -2.63. The van der Waals surface area contributed by atoms with E-state index in [1.54, 1.807) is 0 Å². The summed E-state index contributed by atoms with van der Waals surface area (Å²) in [6.45, 7) is 1.40. The van der Waals surface area contributed by atoms with Crippen LogP contribution >= 0.6 is 0 Å². The number of rotatable bonds is 4. The minimum absolute atomic E-state index is 0.169. The summed E-state index contributed by atoms with van der Waals surface area (Å²) < 4.78 is 31.2. The van der Waals surface area contributed by atoms with Crippen LogP contribution in [0.25, 0.3) is 11.4 Å². The van der Waals surface area contributed by atoms with Crippen molar-refractivity contribution in [3.63, 3.8) is 0 Å². The van der Waals surface area contributed by atoms with Gasteiger partial charge in [-0.3, -0.25) is 9.69 Å². The number of benzene rings is 1. The summed E-state index contributed by atoms with van der Waals surface area (Å²) >= 11 is 0. The molecule has 0 radical (unpaired) electrons. The van der Waals surface area contributed by atoms with Crippen molar-refractivity contribution < 1.29 is 23.2 Å². The quantitative estimate of drug-likeness (QED) is 0.929.